The van der Waals surface area contributed by atoms with Crippen molar-refractivity contribution in [2.45, 2.75) is 70.5 Å². The van der Waals surface area contributed by atoms with Crippen LogP contribution in [0.4, 0.5) is 0 Å². The van der Waals surface area contributed by atoms with Crippen molar-refractivity contribution in [2.24, 2.45) is 0 Å². The molecular weight excluding hydrogens is 452 g/mol. The predicted octanol–water partition coefficient (Wildman–Crippen LogP) is 5.16. The molecule has 2 aromatic rings. The van der Waals surface area contributed by atoms with Gasteiger partial charge in [-0.25, -0.2) is 0 Å². The Kier molecular flexibility index (Phi) is 9.63. The number of hydrogen-bond donors (Lipinski definition) is 1. The Labute approximate surface area is 207 Å². The maximum Gasteiger partial charge on any atom is 0.242 e. The van der Waals surface area contributed by atoms with E-state index in [0.717, 1.165) is 36.8 Å². The zero-order valence-corrected chi connectivity index (χ0v) is 21.1. The minimum atomic E-state index is -0.574. The van der Waals surface area contributed by atoms with Gasteiger partial charge in [0, 0.05) is 24.0 Å². The Hall–Kier alpha value is -2.73. The first-order valence-corrected chi connectivity index (χ1v) is 12.3. The number of hydrogen-bond acceptors (Lipinski definition) is 4. The first-order valence-electron chi connectivity index (χ1n) is 12.0. The zero-order valence-electron chi connectivity index (χ0n) is 20.3. The van der Waals surface area contributed by atoms with E-state index in [2.05, 4.69) is 5.32 Å². The molecule has 3 rings (SSSR count). The first kappa shape index (κ1) is 25.9. The zero-order chi connectivity index (χ0) is 24.5. The summed E-state index contributed by atoms with van der Waals surface area (Å²) in [4.78, 5) is 28.1. The van der Waals surface area contributed by atoms with Crippen LogP contribution in [-0.2, 0) is 22.6 Å². The lowest BCUT2D eigenvalue weighted by Gasteiger charge is -2.31. The molecule has 7 heteroatoms. The topological polar surface area (TPSA) is 67.9 Å². The number of methoxy groups -OCH3 is 2. The van der Waals surface area contributed by atoms with E-state index in [4.69, 9.17) is 21.1 Å². The molecule has 1 fully saturated rings. The van der Waals surface area contributed by atoms with Gasteiger partial charge in [0.15, 0.2) is 11.5 Å². The van der Waals surface area contributed by atoms with Crippen LogP contribution in [0, 0.1) is 0 Å². The monoisotopic (exact) mass is 486 g/mol. The fourth-order valence-corrected chi connectivity index (χ4v) is 4.49. The van der Waals surface area contributed by atoms with E-state index in [1.807, 2.05) is 37.3 Å². The number of amides is 2. The number of carbonyl (C=O) groups excluding carboxylic acids is 2. The summed E-state index contributed by atoms with van der Waals surface area (Å²) < 4.78 is 10.7. The highest BCUT2D eigenvalue weighted by atomic mass is 35.5. The van der Waals surface area contributed by atoms with E-state index in [1.165, 1.54) is 6.42 Å². The van der Waals surface area contributed by atoms with Gasteiger partial charge in [0.05, 0.1) is 14.2 Å². The number of nitrogens with one attached hydrogen (secondary N) is 1. The molecule has 0 radical (unpaired) electrons. The lowest BCUT2D eigenvalue weighted by atomic mass is 9.95. The van der Waals surface area contributed by atoms with Crippen LogP contribution >= 0.6 is 11.6 Å². The molecule has 0 aromatic heterocycles. The summed E-state index contributed by atoms with van der Waals surface area (Å²) in [5, 5.41) is 3.80. The van der Waals surface area contributed by atoms with E-state index < -0.39 is 6.04 Å². The number of halogens is 1. The van der Waals surface area contributed by atoms with Crippen molar-refractivity contribution in [3.8, 4) is 11.5 Å². The van der Waals surface area contributed by atoms with Crippen LogP contribution in [0.1, 0.15) is 56.6 Å². The van der Waals surface area contributed by atoms with Crippen LogP contribution in [0.15, 0.2) is 42.5 Å². The maximum atomic E-state index is 13.4. The Morgan fingerprint density at radius 2 is 1.65 bits per heavy atom. The molecular formula is C27H35ClN2O4. The van der Waals surface area contributed by atoms with Gasteiger partial charge in [-0.15, -0.1) is 0 Å². The van der Waals surface area contributed by atoms with E-state index in [-0.39, 0.29) is 24.3 Å². The molecule has 1 atom stereocenters. The highest BCUT2D eigenvalue weighted by Crippen LogP contribution is 2.28. The van der Waals surface area contributed by atoms with Gasteiger partial charge in [0.25, 0.3) is 0 Å². The van der Waals surface area contributed by atoms with Gasteiger partial charge >= 0.3 is 0 Å². The summed E-state index contributed by atoms with van der Waals surface area (Å²) in [6.45, 7) is 2.16. The van der Waals surface area contributed by atoms with Crippen LogP contribution < -0.4 is 14.8 Å². The number of carbonyl (C=O) groups is 2. The molecule has 1 saturated carbocycles. The maximum absolute atomic E-state index is 13.4. The van der Waals surface area contributed by atoms with Crippen molar-refractivity contribution in [2.75, 3.05) is 14.2 Å². The van der Waals surface area contributed by atoms with Crippen molar-refractivity contribution >= 4 is 23.4 Å². The third-order valence-corrected chi connectivity index (χ3v) is 6.71. The molecule has 0 aliphatic heterocycles. The molecule has 0 heterocycles. The Bertz CT molecular complexity index is 958. The molecule has 2 aromatic carbocycles. The van der Waals surface area contributed by atoms with Crippen LogP contribution in [0.3, 0.4) is 0 Å². The first-order chi connectivity index (χ1) is 16.4. The standard InChI is InChI=1S/C27H35ClN2O4/c1-19(27(32)29-23-7-5-4-6-8-23)30(18-21-9-13-22(28)14-10-21)26(31)16-12-20-11-15-24(33-2)25(17-20)34-3/h9-11,13-15,17,19,23H,4-8,12,16,18H2,1-3H3,(H,29,32)/t19-/m0/s1. The molecule has 0 spiro atoms. The third kappa shape index (κ3) is 7.13. The molecule has 0 bridgehead atoms. The Morgan fingerprint density at radius 3 is 2.29 bits per heavy atom. The van der Waals surface area contributed by atoms with Crippen molar-refractivity contribution < 1.29 is 19.1 Å². The number of ether oxygens (including phenoxy) is 2. The van der Waals surface area contributed by atoms with Crippen molar-refractivity contribution in [1.29, 1.82) is 0 Å². The minimum absolute atomic E-state index is 0.0731. The normalized spacial score (nSPS) is 14.8. The fourth-order valence-electron chi connectivity index (χ4n) is 4.37. The molecule has 6 nitrogen and oxygen atoms in total. The lowest BCUT2D eigenvalue weighted by Crippen LogP contribution is -2.50. The van der Waals surface area contributed by atoms with Crippen molar-refractivity contribution in [3.05, 3.63) is 58.6 Å². The SMILES string of the molecule is COc1ccc(CCC(=O)N(Cc2ccc(Cl)cc2)[C@@H](C)C(=O)NC2CCCCC2)cc1OC. The van der Waals surface area contributed by atoms with Crippen LogP contribution in [-0.4, -0.2) is 43.0 Å². The molecule has 184 valence electrons. The highest BCUT2D eigenvalue weighted by molar-refractivity contribution is 6.30. The predicted molar refractivity (Wildman–Crippen MR) is 134 cm³/mol. The molecule has 1 N–H and O–H groups in total. The minimum Gasteiger partial charge on any atom is -0.493 e. The smallest absolute Gasteiger partial charge is 0.242 e. The molecule has 2 amide bonds. The van der Waals surface area contributed by atoms with Crippen molar-refractivity contribution in [3.63, 3.8) is 0 Å². The van der Waals surface area contributed by atoms with Crippen LogP contribution in [0.5, 0.6) is 11.5 Å². The van der Waals surface area contributed by atoms with Gasteiger partial charge < -0.3 is 19.7 Å². The third-order valence-electron chi connectivity index (χ3n) is 6.46. The molecule has 1 aliphatic rings. The van der Waals surface area contributed by atoms with Gasteiger partial charge in [0.2, 0.25) is 11.8 Å². The number of nitrogens with zero attached hydrogens (tertiary/aromatic N) is 1. The number of rotatable bonds is 10. The van der Waals surface area contributed by atoms with E-state index in [1.54, 1.807) is 31.3 Å². The van der Waals surface area contributed by atoms with Crippen molar-refractivity contribution in [1.82, 2.24) is 10.2 Å². The second-order valence-corrected chi connectivity index (χ2v) is 9.29. The van der Waals surface area contributed by atoms with Gasteiger partial charge in [-0.05, 0) is 61.6 Å². The van der Waals surface area contributed by atoms with Gasteiger partial charge in [0.1, 0.15) is 6.04 Å². The van der Waals surface area contributed by atoms with Crippen LogP contribution in [0.25, 0.3) is 0 Å². The lowest BCUT2D eigenvalue weighted by molar-refractivity contribution is -0.141. The Balaban J connectivity index is 1.71. The number of benzene rings is 2. The molecule has 34 heavy (non-hydrogen) atoms. The summed E-state index contributed by atoms with van der Waals surface area (Å²) in [5.41, 5.74) is 1.90. The molecule has 1 aliphatic carbocycles. The summed E-state index contributed by atoms with van der Waals surface area (Å²) in [7, 11) is 3.18. The average molecular weight is 487 g/mol. The Morgan fingerprint density at radius 1 is 1.00 bits per heavy atom. The number of aryl methyl sites for hydroxylation is 1. The molecule has 0 saturated heterocycles. The fraction of sp³-hybridized carbons (Fsp3) is 0.481. The quantitative estimate of drug-likeness (QED) is 0.504. The second kappa shape index (κ2) is 12.7. The summed E-state index contributed by atoms with van der Waals surface area (Å²) in [5.74, 6) is 1.11. The summed E-state index contributed by atoms with van der Waals surface area (Å²) in [6, 6.07) is 12.7. The molecule has 0 unspecified atom stereocenters. The van der Waals surface area contributed by atoms with Gasteiger partial charge in [-0.2, -0.15) is 0 Å². The van der Waals surface area contributed by atoms with E-state index in [0.29, 0.717) is 29.5 Å². The summed E-state index contributed by atoms with van der Waals surface area (Å²) in [6.07, 6.45) is 6.32. The van der Waals surface area contributed by atoms with Gasteiger partial charge in [-0.3, -0.25) is 9.59 Å². The summed E-state index contributed by atoms with van der Waals surface area (Å²) >= 11 is 6.03. The largest absolute Gasteiger partial charge is 0.493 e. The van der Waals surface area contributed by atoms with Crippen LogP contribution in [0.2, 0.25) is 5.02 Å². The average Bonchev–Trinajstić information content (AvgIpc) is 2.86. The highest BCUT2D eigenvalue weighted by Gasteiger charge is 2.28. The van der Waals surface area contributed by atoms with E-state index in [9.17, 15) is 9.59 Å². The van der Waals surface area contributed by atoms with E-state index >= 15 is 0 Å². The van der Waals surface area contributed by atoms with Gasteiger partial charge in [-0.1, -0.05) is 49.1 Å². The second-order valence-electron chi connectivity index (χ2n) is 8.86.